The number of fused-ring (bicyclic) bond motifs is 1. The van der Waals surface area contributed by atoms with Crippen molar-refractivity contribution in [3.8, 4) is 0 Å². The van der Waals surface area contributed by atoms with Crippen molar-refractivity contribution in [1.82, 2.24) is 16.0 Å². The summed E-state index contributed by atoms with van der Waals surface area (Å²) < 4.78 is 0. The second-order valence-corrected chi connectivity index (χ2v) is 8.04. The molecule has 2 aliphatic rings. The number of nitrogens with one attached hydrogen (secondary N) is 3. The van der Waals surface area contributed by atoms with Gasteiger partial charge in [-0.05, 0) is 102 Å². The summed E-state index contributed by atoms with van der Waals surface area (Å²) in [4.78, 5) is 0. The first-order valence-electron chi connectivity index (χ1n) is 10.7. The molecule has 0 spiro atoms. The SMILES string of the molecule is NCCCNCCCNCCCNCC1CCC2CCCCC2C1. The molecule has 142 valence electrons. The molecule has 2 rings (SSSR count). The van der Waals surface area contributed by atoms with Crippen LogP contribution in [0.1, 0.15) is 64.2 Å². The van der Waals surface area contributed by atoms with Gasteiger partial charge in [-0.25, -0.2) is 0 Å². The van der Waals surface area contributed by atoms with Crippen LogP contribution in [0.5, 0.6) is 0 Å². The highest BCUT2D eigenvalue weighted by molar-refractivity contribution is 4.83. The molecular weight excluding hydrogens is 296 g/mol. The van der Waals surface area contributed by atoms with E-state index in [1.807, 2.05) is 0 Å². The Morgan fingerprint density at radius 1 is 0.667 bits per heavy atom. The minimum atomic E-state index is 0.792. The Morgan fingerprint density at radius 2 is 1.29 bits per heavy atom. The molecule has 2 fully saturated rings. The van der Waals surface area contributed by atoms with Gasteiger partial charge in [0.15, 0.2) is 0 Å². The molecule has 2 saturated carbocycles. The molecule has 4 heteroatoms. The molecule has 4 nitrogen and oxygen atoms in total. The molecule has 24 heavy (non-hydrogen) atoms. The van der Waals surface area contributed by atoms with E-state index in [1.165, 1.54) is 70.9 Å². The molecule has 3 unspecified atom stereocenters. The maximum Gasteiger partial charge on any atom is -0.00204 e. The van der Waals surface area contributed by atoms with E-state index in [2.05, 4.69) is 16.0 Å². The van der Waals surface area contributed by atoms with E-state index in [1.54, 1.807) is 0 Å². The number of nitrogens with two attached hydrogens (primary N) is 1. The van der Waals surface area contributed by atoms with Crippen molar-refractivity contribution < 1.29 is 0 Å². The van der Waals surface area contributed by atoms with Gasteiger partial charge in [-0.15, -0.1) is 0 Å². The van der Waals surface area contributed by atoms with E-state index in [0.717, 1.165) is 56.9 Å². The highest BCUT2D eigenvalue weighted by atomic mass is 14.9. The Hall–Kier alpha value is -0.160. The van der Waals surface area contributed by atoms with Crippen LogP contribution in [-0.4, -0.2) is 45.8 Å². The third kappa shape index (κ3) is 8.28. The molecule has 0 aliphatic heterocycles. The Bertz CT molecular complexity index is 297. The van der Waals surface area contributed by atoms with Crippen molar-refractivity contribution in [3.05, 3.63) is 0 Å². The topological polar surface area (TPSA) is 62.1 Å². The zero-order chi connectivity index (χ0) is 16.9. The fourth-order valence-electron chi connectivity index (χ4n) is 4.62. The molecule has 0 amide bonds. The molecule has 0 bridgehead atoms. The van der Waals surface area contributed by atoms with Crippen LogP contribution < -0.4 is 21.7 Å². The summed E-state index contributed by atoms with van der Waals surface area (Å²) >= 11 is 0. The molecule has 2 aliphatic carbocycles. The lowest BCUT2D eigenvalue weighted by atomic mass is 9.67. The van der Waals surface area contributed by atoms with E-state index < -0.39 is 0 Å². The summed E-state index contributed by atoms with van der Waals surface area (Å²) in [6, 6.07) is 0. The predicted molar refractivity (Wildman–Crippen MR) is 104 cm³/mol. The zero-order valence-electron chi connectivity index (χ0n) is 15.8. The first-order chi connectivity index (χ1) is 11.9. The standard InChI is InChI=1S/C20H42N4/c21-10-3-11-22-12-4-13-23-14-5-15-24-17-18-8-9-19-6-1-2-7-20(19)16-18/h18-20,22-24H,1-17,21H2. The van der Waals surface area contributed by atoms with Crippen LogP contribution in [0, 0.1) is 17.8 Å². The molecule has 0 radical (unpaired) electrons. The van der Waals surface area contributed by atoms with Crippen LogP contribution in [0.15, 0.2) is 0 Å². The van der Waals surface area contributed by atoms with E-state index in [-0.39, 0.29) is 0 Å². The molecule has 0 aromatic heterocycles. The highest BCUT2D eigenvalue weighted by Crippen LogP contribution is 2.42. The van der Waals surface area contributed by atoms with Gasteiger partial charge in [-0.3, -0.25) is 0 Å². The Kier molecular flexibility index (Phi) is 11.0. The maximum atomic E-state index is 5.47. The minimum absolute atomic E-state index is 0.792. The Labute approximate surface area is 150 Å². The average Bonchev–Trinajstić information content (AvgIpc) is 2.62. The first-order valence-corrected chi connectivity index (χ1v) is 10.7. The van der Waals surface area contributed by atoms with Gasteiger partial charge in [0.25, 0.3) is 0 Å². The summed E-state index contributed by atoms with van der Waals surface area (Å²) in [5.41, 5.74) is 5.47. The molecule has 0 aromatic rings. The van der Waals surface area contributed by atoms with Crippen LogP contribution in [0.2, 0.25) is 0 Å². The van der Waals surface area contributed by atoms with Crippen molar-refractivity contribution in [2.45, 2.75) is 64.2 Å². The van der Waals surface area contributed by atoms with Crippen LogP contribution in [0.4, 0.5) is 0 Å². The smallest absolute Gasteiger partial charge is 0.00204 e. The van der Waals surface area contributed by atoms with Gasteiger partial charge in [0.1, 0.15) is 0 Å². The van der Waals surface area contributed by atoms with Crippen molar-refractivity contribution >= 4 is 0 Å². The van der Waals surface area contributed by atoms with E-state index in [9.17, 15) is 0 Å². The Balaban J connectivity index is 1.34. The van der Waals surface area contributed by atoms with Crippen molar-refractivity contribution in [2.24, 2.45) is 23.5 Å². The Morgan fingerprint density at radius 3 is 2.00 bits per heavy atom. The molecule has 0 heterocycles. The monoisotopic (exact) mass is 338 g/mol. The third-order valence-electron chi connectivity index (χ3n) is 6.05. The first kappa shape index (κ1) is 20.2. The van der Waals surface area contributed by atoms with E-state index in [4.69, 9.17) is 5.73 Å². The summed E-state index contributed by atoms with van der Waals surface area (Å²) in [6.07, 6.45) is 14.1. The van der Waals surface area contributed by atoms with Crippen LogP contribution >= 0.6 is 0 Å². The lowest BCUT2D eigenvalue weighted by Gasteiger charge is -2.39. The normalized spacial score (nSPS) is 27.1. The van der Waals surface area contributed by atoms with Gasteiger partial charge in [-0.2, -0.15) is 0 Å². The van der Waals surface area contributed by atoms with Crippen LogP contribution in [0.3, 0.4) is 0 Å². The average molecular weight is 339 g/mol. The molecule has 0 saturated heterocycles. The molecular formula is C20H42N4. The minimum Gasteiger partial charge on any atom is -0.330 e. The van der Waals surface area contributed by atoms with Gasteiger partial charge < -0.3 is 21.7 Å². The van der Waals surface area contributed by atoms with Crippen LogP contribution in [-0.2, 0) is 0 Å². The second-order valence-electron chi connectivity index (χ2n) is 8.04. The molecule has 3 atom stereocenters. The lowest BCUT2D eigenvalue weighted by Crippen LogP contribution is -2.33. The van der Waals surface area contributed by atoms with Gasteiger partial charge in [0, 0.05) is 0 Å². The second kappa shape index (κ2) is 13.1. The summed E-state index contributed by atoms with van der Waals surface area (Å²) in [5, 5.41) is 10.7. The van der Waals surface area contributed by atoms with Crippen molar-refractivity contribution in [3.63, 3.8) is 0 Å². The quantitative estimate of drug-likeness (QED) is 0.390. The fourth-order valence-corrected chi connectivity index (χ4v) is 4.62. The fraction of sp³-hybridized carbons (Fsp3) is 1.00. The number of hydrogen-bond acceptors (Lipinski definition) is 4. The van der Waals surface area contributed by atoms with E-state index >= 15 is 0 Å². The van der Waals surface area contributed by atoms with Crippen LogP contribution in [0.25, 0.3) is 0 Å². The van der Waals surface area contributed by atoms with Crippen molar-refractivity contribution in [2.75, 3.05) is 45.8 Å². The summed E-state index contributed by atoms with van der Waals surface area (Å²) in [7, 11) is 0. The van der Waals surface area contributed by atoms with E-state index in [0.29, 0.717) is 0 Å². The maximum absolute atomic E-state index is 5.47. The predicted octanol–water partition coefficient (Wildman–Crippen LogP) is 2.49. The molecule has 5 N–H and O–H groups in total. The summed E-state index contributed by atoms with van der Waals surface area (Å²) in [6.45, 7) is 7.66. The van der Waals surface area contributed by atoms with Crippen molar-refractivity contribution in [1.29, 1.82) is 0 Å². The zero-order valence-corrected chi connectivity index (χ0v) is 15.8. The molecule has 0 aromatic carbocycles. The number of rotatable bonds is 13. The third-order valence-corrected chi connectivity index (χ3v) is 6.05. The van der Waals surface area contributed by atoms with Gasteiger partial charge >= 0.3 is 0 Å². The van der Waals surface area contributed by atoms with Gasteiger partial charge in [0.2, 0.25) is 0 Å². The van der Waals surface area contributed by atoms with Gasteiger partial charge in [0.05, 0.1) is 0 Å². The lowest BCUT2D eigenvalue weighted by molar-refractivity contribution is 0.129. The van der Waals surface area contributed by atoms with Gasteiger partial charge in [-0.1, -0.05) is 25.7 Å². The summed E-state index contributed by atoms with van der Waals surface area (Å²) in [5.74, 6) is 3.11. The highest BCUT2D eigenvalue weighted by Gasteiger charge is 2.31. The largest absolute Gasteiger partial charge is 0.330 e. The number of hydrogen-bond donors (Lipinski definition) is 4.